The highest BCUT2D eigenvalue weighted by molar-refractivity contribution is 5.94. The van der Waals surface area contributed by atoms with Gasteiger partial charge in [0, 0.05) is 5.56 Å². The van der Waals surface area contributed by atoms with Crippen LogP contribution >= 0.6 is 0 Å². The lowest BCUT2D eigenvalue weighted by Gasteiger charge is -2.19. The third-order valence-electron chi connectivity index (χ3n) is 3.86. The van der Waals surface area contributed by atoms with Crippen LogP contribution in [0.2, 0.25) is 0 Å². The molecule has 5 heteroatoms. The van der Waals surface area contributed by atoms with E-state index in [1.54, 1.807) is 6.07 Å². The molecule has 0 unspecified atom stereocenters. The van der Waals surface area contributed by atoms with Crippen LogP contribution in [0.4, 0.5) is 8.78 Å². The van der Waals surface area contributed by atoms with E-state index in [9.17, 15) is 13.6 Å². The summed E-state index contributed by atoms with van der Waals surface area (Å²) in [7, 11) is 0. The molecule has 1 fully saturated rings. The Morgan fingerprint density at radius 2 is 1.83 bits per heavy atom. The Bertz CT molecular complexity index is 672. The predicted molar refractivity (Wildman–Crippen MR) is 82.4 cm³/mol. The number of amides is 1. The molecule has 23 heavy (non-hydrogen) atoms. The molecule has 1 saturated carbocycles. The van der Waals surface area contributed by atoms with Crippen LogP contribution in [0.15, 0.2) is 54.6 Å². The zero-order valence-corrected chi connectivity index (χ0v) is 12.4. The Morgan fingerprint density at radius 1 is 1.09 bits per heavy atom. The van der Waals surface area contributed by atoms with Gasteiger partial charge in [-0.25, -0.2) is 0 Å². The van der Waals surface area contributed by atoms with Crippen molar-refractivity contribution < 1.29 is 18.3 Å². The van der Waals surface area contributed by atoms with E-state index < -0.39 is 6.61 Å². The molecule has 120 valence electrons. The highest BCUT2D eigenvalue weighted by Crippen LogP contribution is 2.41. The molecule has 0 aliphatic heterocycles. The fourth-order valence-corrected chi connectivity index (χ4v) is 2.60. The van der Waals surface area contributed by atoms with E-state index >= 15 is 0 Å². The van der Waals surface area contributed by atoms with Crippen LogP contribution in [0, 0.1) is 5.92 Å². The van der Waals surface area contributed by atoms with Gasteiger partial charge in [-0.1, -0.05) is 36.4 Å². The topological polar surface area (TPSA) is 38.3 Å². The van der Waals surface area contributed by atoms with Gasteiger partial charge < -0.3 is 10.1 Å². The van der Waals surface area contributed by atoms with Crippen molar-refractivity contribution in [1.29, 1.82) is 0 Å². The van der Waals surface area contributed by atoms with Crippen LogP contribution in [0.5, 0.6) is 5.75 Å². The normalized spacial score (nSPS) is 15.3. The number of rotatable bonds is 6. The lowest BCUT2D eigenvalue weighted by atomic mass is 10.0. The first-order chi connectivity index (χ1) is 11.1. The molecule has 0 radical (unpaired) electrons. The predicted octanol–water partition coefficient (Wildman–Crippen LogP) is 4.17. The lowest BCUT2D eigenvalue weighted by molar-refractivity contribution is -0.0498. The van der Waals surface area contributed by atoms with Gasteiger partial charge in [-0.3, -0.25) is 4.79 Å². The molecule has 0 spiro atoms. The van der Waals surface area contributed by atoms with Crippen LogP contribution in [0.3, 0.4) is 0 Å². The second kappa shape index (κ2) is 6.77. The van der Waals surface area contributed by atoms with Crippen molar-refractivity contribution in [2.75, 3.05) is 0 Å². The minimum absolute atomic E-state index is 0.0182. The SMILES string of the molecule is O=C(N[C@H](c1ccccc1)C1CC1)c1cccc(OC(F)F)c1. The Morgan fingerprint density at radius 3 is 2.48 bits per heavy atom. The molecule has 2 aromatic rings. The van der Waals surface area contributed by atoms with Gasteiger partial charge >= 0.3 is 6.61 Å². The average molecular weight is 317 g/mol. The maximum Gasteiger partial charge on any atom is 0.387 e. The van der Waals surface area contributed by atoms with Gasteiger partial charge in [-0.05, 0) is 42.5 Å². The molecule has 1 aliphatic rings. The fourth-order valence-electron chi connectivity index (χ4n) is 2.60. The summed E-state index contributed by atoms with van der Waals surface area (Å²) in [5, 5.41) is 3.01. The number of alkyl halides is 2. The van der Waals surface area contributed by atoms with Crippen molar-refractivity contribution in [1.82, 2.24) is 5.32 Å². The van der Waals surface area contributed by atoms with Crippen molar-refractivity contribution in [3.05, 3.63) is 65.7 Å². The Labute approximate surface area is 133 Å². The van der Waals surface area contributed by atoms with Crippen LogP contribution in [-0.4, -0.2) is 12.5 Å². The fraction of sp³-hybridized carbons (Fsp3) is 0.278. The van der Waals surface area contributed by atoms with Crippen molar-refractivity contribution >= 4 is 5.91 Å². The van der Waals surface area contributed by atoms with E-state index in [1.807, 2.05) is 30.3 Å². The molecule has 1 aliphatic carbocycles. The Hall–Kier alpha value is -2.43. The molecule has 3 rings (SSSR count). The first kappa shape index (κ1) is 15.5. The number of carbonyl (C=O) groups is 1. The second-order valence-corrected chi connectivity index (χ2v) is 5.61. The maximum absolute atomic E-state index is 12.4. The highest BCUT2D eigenvalue weighted by atomic mass is 19.3. The van der Waals surface area contributed by atoms with E-state index in [-0.39, 0.29) is 17.7 Å². The summed E-state index contributed by atoms with van der Waals surface area (Å²) in [5.74, 6) is 0.127. The smallest absolute Gasteiger partial charge is 0.387 e. The van der Waals surface area contributed by atoms with Gasteiger partial charge in [0.2, 0.25) is 0 Å². The molecule has 0 saturated heterocycles. The number of benzene rings is 2. The molecular weight excluding hydrogens is 300 g/mol. The van der Waals surface area contributed by atoms with Gasteiger partial charge in [0.05, 0.1) is 6.04 Å². The molecule has 1 amide bonds. The van der Waals surface area contributed by atoms with Crippen molar-refractivity contribution in [2.45, 2.75) is 25.5 Å². The quantitative estimate of drug-likeness (QED) is 0.868. The summed E-state index contributed by atoms with van der Waals surface area (Å²) >= 11 is 0. The minimum atomic E-state index is -2.91. The monoisotopic (exact) mass is 317 g/mol. The first-order valence-electron chi connectivity index (χ1n) is 7.54. The van der Waals surface area contributed by atoms with Crippen LogP contribution in [0.1, 0.15) is 34.8 Å². The molecule has 1 atom stereocenters. The van der Waals surface area contributed by atoms with Crippen molar-refractivity contribution in [2.24, 2.45) is 5.92 Å². The largest absolute Gasteiger partial charge is 0.435 e. The molecule has 3 nitrogen and oxygen atoms in total. The highest BCUT2D eigenvalue weighted by Gasteiger charge is 2.33. The summed E-state index contributed by atoms with van der Waals surface area (Å²) in [6, 6.07) is 15.6. The number of hydrogen-bond acceptors (Lipinski definition) is 2. The second-order valence-electron chi connectivity index (χ2n) is 5.61. The summed E-state index contributed by atoms with van der Waals surface area (Å²) in [6.07, 6.45) is 2.16. The summed E-state index contributed by atoms with van der Waals surface area (Å²) in [4.78, 5) is 12.4. The first-order valence-corrected chi connectivity index (χ1v) is 7.54. The maximum atomic E-state index is 12.4. The van der Waals surface area contributed by atoms with E-state index in [0.717, 1.165) is 18.4 Å². The van der Waals surface area contributed by atoms with Crippen LogP contribution in [0.25, 0.3) is 0 Å². The van der Waals surface area contributed by atoms with E-state index in [4.69, 9.17) is 0 Å². The van der Waals surface area contributed by atoms with E-state index in [2.05, 4.69) is 10.1 Å². The Kier molecular flexibility index (Phi) is 4.55. The third-order valence-corrected chi connectivity index (χ3v) is 3.86. The van der Waals surface area contributed by atoms with E-state index in [0.29, 0.717) is 11.5 Å². The van der Waals surface area contributed by atoms with Gasteiger partial charge in [0.15, 0.2) is 0 Å². The molecule has 0 aromatic heterocycles. The van der Waals surface area contributed by atoms with Crippen LogP contribution in [-0.2, 0) is 0 Å². The minimum Gasteiger partial charge on any atom is -0.435 e. The summed E-state index contributed by atoms with van der Waals surface area (Å²) in [6.45, 7) is -2.91. The zero-order chi connectivity index (χ0) is 16.2. The van der Waals surface area contributed by atoms with Gasteiger partial charge in [0.25, 0.3) is 5.91 Å². The number of hydrogen-bond donors (Lipinski definition) is 1. The Balaban J connectivity index is 1.75. The third kappa shape index (κ3) is 4.06. The standard InChI is InChI=1S/C18H17F2NO2/c19-18(20)23-15-8-4-7-14(11-15)17(22)21-16(13-9-10-13)12-5-2-1-3-6-12/h1-8,11,13,16,18H,9-10H2,(H,21,22)/t16-/m1/s1. The number of halogens is 2. The molecule has 1 N–H and O–H groups in total. The summed E-state index contributed by atoms with van der Waals surface area (Å²) < 4.78 is 28.9. The number of ether oxygens (including phenoxy) is 1. The van der Waals surface area contributed by atoms with Crippen LogP contribution < -0.4 is 10.1 Å². The number of nitrogens with one attached hydrogen (secondary N) is 1. The average Bonchev–Trinajstić information content (AvgIpc) is 3.37. The summed E-state index contributed by atoms with van der Waals surface area (Å²) in [5.41, 5.74) is 1.37. The van der Waals surface area contributed by atoms with Gasteiger partial charge in [-0.2, -0.15) is 8.78 Å². The molecular formula is C18H17F2NO2. The van der Waals surface area contributed by atoms with E-state index in [1.165, 1.54) is 18.2 Å². The number of carbonyl (C=O) groups excluding carboxylic acids is 1. The van der Waals surface area contributed by atoms with Gasteiger partial charge in [-0.15, -0.1) is 0 Å². The van der Waals surface area contributed by atoms with Crippen molar-refractivity contribution in [3.8, 4) is 5.75 Å². The van der Waals surface area contributed by atoms with Crippen molar-refractivity contribution in [3.63, 3.8) is 0 Å². The molecule has 0 bridgehead atoms. The molecule has 0 heterocycles. The molecule has 2 aromatic carbocycles. The van der Waals surface area contributed by atoms with Gasteiger partial charge in [0.1, 0.15) is 5.75 Å². The lowest BCUT2D eigenvalue weighted by Crippen LogP contribution is -2.29. The zero-order valence-electron chi connectivity index (χ0n) is 12.4.